The van der Waals surface area contributed by atoms with E-state index in [1.807, 2.05) is 42.2 Å². The van der Waals surface area contributed by atoms with Gasteiger partial charge in [-0.25, -0.2) is 0 Å². The Balaban J connectivity index is 1.65. The van der Waals surface area contributed by atoms with Gasteiger partial charge in [-0.3, -0.25) is 9.59 Å². The second kappa shape index (κ2) is 6.44. The monoisotopic (exact) mass is 313 g/mol. The Morgan fingerprint density at radius 2 is 1.95 bits per heavy atom. The molecule has 2 heterocycles. The van der Waals surface area contributed by atoms with Gasteiger partial charge in [-0.2, -0.15) is 0 Å². The predicted molar refractivity (Wildman–Crippen MR) is 89.7 cm³/mol. The van der Waals surface area contributed by atoms with E-state index in [2.05, 4.69) is 6.07 Å². The molecule has 1 aromatic carbocycles. The molecule has 3 nitrogen and oxygen atoms in total. The van der Waals surface area contributed by atoms with Crippen LogP contribution in [0.1, 0.15) is 39.4 Å². The van der Waals surface area contributed by atoms with Gasteiger partial charge in [0.15, 0.2) is 5.78 Å². The largest absolute Gasteiger partial charge is 0.312 e. The zero-order valence-corrected chi connectivity index (χ0v) is 13.5. The molecule has 2 aromatic rings. The van der Waals surface area contributed by atoms with Gasteiger partial charge < -0.3 is 4.90 Å². The first kappa shape index (κ1) is 15.0. The van der Waals surface area contributed by atoms with Gasteiger partial charge in [0, 0.05) is 30.0 Å². The summed E-state index contributed by atoms with van der Waals surface area (Å²) < 4.78 is 0. The number of amides is 1. The maximum Gasteiger partial charge on any atom is 0.227 e. The third-order valence-corrected chi connectivity index (χ3v) is 5.03. The summed E-state index contributed by atoms with van der Waals surface area (Å²) in [4.78, 5) is 28.3. The number of rotatable bonds is 4. The van der Waals surface area contributed by atoms with Crippen molar-refractivity contribution in [1.82, 2.24) is 0 Å². The molecule has 0 unspecified atom stereocenters. The van der Waals surface area contributed by atoms with Crippen LogP contribution in [0.3, 0.4) is 0 Å². The minimum atomic E-state index is 0.0498. The summed E-state index contributed by atoms with van der Waals surface area (Å²) >= 11 is 1.50. The molecule has 0 bridgehead atoms. The highest BCUT2D eigenvalue weighted by molar-refractivity contribution is 7.14. The summed E-state index contributed by atoms with van der Waals surface area (Å²) in [5.74, 6) is 0.116. The molecule has 0 atom stereocenters. The fourth-order valence-electron chi connectivity index (χ4n) is 2.86. The number of benzene rings is 1. The summed E-state index contributed by atoms with van der Waals surface area (Å²) in [5.41, 5.74) is 2.24. The van der Waals surface area contributed by atoms with Crippen LogP contribution in [0.25, 0.3) is 0 Å². The maximum atomic E-state index is 12.5. The van der Waals surface area contributed by atoms with Gasteiger partial charge in [0.05, 0.1) is 4.88 Å². The SMILES string of the molecule is Cc1ccc(C(=O)CCC(=O)N2CCCc3ccccc32)s1. The lowest BCUT2D eigenvalue weighted by molar-refractivity contribution is -0.118. The van der Waals surface area contributed by atoms with Crippen LogP contribution >= 0.6 is 11.3 Å². The van der Waals surface area contributed by atoms with Gasteiger partial charge in [-0.1, -0.05) is 18.2 Å². The van der Waals surface area contributed by atoms with Crippen molar-refractivity contribution in [1.29, 1.82) is 0 Å². The molecule has 1 aromatic heterocycles. The second-order valence-electron chi connectivity index (χ2n) is 5.61. The molecule has 0 spiro atoms. The molecular weight excluding hydrogens is 294 g/mol. The van der Waals surface area contributed by atoms with Gasteiger partial charge >= 0.3 is 0 Å². The highest BCUT2D eigenvalue weighted by Crippen LogP contribution is 2.27. The van der Waals surface area contributed by atoms with Crippen LogP contribution in [0.15, 0.2) is 36.4 Å². The number of Topliss-reactive ketones (excluding diaryl/α,β-unsaturated/α-hetero) is 1. The lowest BCUT2D eigenvalue weighted by atomic mass is 10.0. The van der Waals surface area contributed by atoms with E-state index >= 15 is 0 Å². The van der Waals surface area contributed by atoms with Crippen LogP contribution < -0.4 is 4.90 Å². The zero-order valence-electron chi connectivity index (χ0n) is 12.7. The third kappa shape index (κ3) is 3.12. The number of carbonyl (C=O) groups excluding carboxylic acids is 2. The van der Waals surface area contributed by atoms with Crippen molar-refractivity contribution in [2.24, 2.45) is 0 Å². The molecule has 0 saturated heterocycles. The summed E-state index contributed by atoms with van der Waals surface area (Å²) in [5, 5.41) is 0. The first-order chi connectivity index (χ1) is 10.6. The number of fused-ring (bicyclic) bond motifs is 1. The van der Waals surface area contributed by atoms with Crippen molar-refractivity contribution >= 4 is 28.7 Å². The van der Waals surface area contributed by atoms with Gasteiger partial charge in [0.25, 0.3) is 0 Å². The third-order valence-electron chi connectivity index (χ3n) is 3.99. The number of hydrogen-bond acceptors (Lipinski definition) is 3. The van der Waals surface area contributed by atoms with E-state index in [0.717, 1.165) is 34.8 Å². The van der Waals surface area contributed by atoms with E-state index in [0.29, 0.717) is 0 Å². The van der Waals surface area contributed by atoms with Crippen molar-refractivity contribution in [3.05, 3.63) is 51.7 Å². The molecular formula is C18H19NO2S. The van der Waals surface area contributed by atoms with E-state index in [4.69, 9.17) is 0 Å². The number of thiophene rings is 1. The molecule has 22 heavy (non-hydrogen) atoms. The molecule has 1 amide bonds. The highest BCUT2D eigenvalue weighted by atomic mass is 32.1. The minimum Gasteiger partial charge on any atom is -0.312 e. The fraction of sp³-hybridized carbons (Fsp3) is 0.333. The molecule has 114 valence electrons. The molecule has 0 aliphatic carbocycles. The van der Waals surface area contributed by atoms with Gasteiger partial charge in [0.1, 0.15) is 0 Å². The first-order valence-electron chi connectivity index (χ1n) is 7.63. The van der Waals surface area contributed by atoms with E-state index in [-0.39, 0.29) is 24.5 Å². The van der Waals surface area contributed by atoms with Crippen LogP contribution in [0.4, 0.5) is 5.69 Å². The fourth-order valence-corrected chi connectivity index (χ4v) is 3.69. The van der Waals surface area contributed by atoms with E-state index in [9.17, 15) is 9.59 Å². The van der Waals surface area contributed by atoms with Gasteiger partial charge in [-0.05, 0) is 43.5 Å². The lowest BCUT2D eigenvalue weighted by Gasteiger charge is -2.29. The van der Waals surface area contributed by atoms with Crippen LogP contribution in [-0.4, -0.2) is 18.2 Å². The number of aryl methyl sites for hydroxylation is 2. The van der Waals surface area contributed by atoms with Crippen LogP contribution in [-0.2, 0) is 11.2 Å². The molecule has 0 N–H and O–H groups in total. The number of ketones is 1. The Bertz CT molecular complexity index is 705. The quantitative estimate of drug-likeness (QED) is 0.800. The summed E-state index contributed by atoms with van der Waals surface area (Å²) in [6, 6.07) is 11.8. The number of hydrogen-bond donors (Lipinski definition) is 0. The molecule has 1 aliphatic rings. The van der Waals surface area contributed by atoms with Crippen molar-refractivity contribution in [2.45, 2.75) is 32.6 Å². The maximum absolute atomic E-state index is 12.5. The first-order valence-corrected chi connectivity index (χ1v) is 8.45. The number of carbonyl (C=O) groups is 2. The molecule has 0 fully saturated rings. The van der Waals surface area contributed by atoms with Crippen molar-refractivity contribution < 1.29 is 9.59 Å². The topological polar surface area (TPSA) is 37.4 Å². The van der Waals surface area contributed by atoms with Crippen molar-refractivity contribution in [3.8, 4) is 0 Å². The summed E-state index contributed by atoms with van der Waals surface area (Å²) in [6.45, 7) is 2.74. The van der Waals surface area contributed by atoms with Crippen LogP contribution in [0.2, 0.25) is 0 Å². The standard InChI is InChI=1S/C18H19NO2S/c1-13-8-10-17(22-13)16(20)9-11-18(21)19-12-4-6-14-5-2-3-7-15(14)19/h2-3,5,7-8,10H,4,6,9,11-12H2,1H3. The average Bonchev–Trinajstić information content (AvgIpc) is 2.98. The molecule has 4 heteroatoms. The lowest BCUT2D eigenvalue weighted by Crippen LogP contribution is -2.35. The van der Waals surface area contributed by atoms with E-state index in [1.54, 1.807) is 0 Å². The molecule has 0 radical (unpaired) electrons. The zero-order chi connectivity index (χ0) is 15.5. The van der Waals surface area contributed by atoms with E-state index in [1.165, 1.54) is 16.9 Å². The Labute approximate surface area is 134 Å². The smallest absolute Gasteiger partial charge is 0.227 e. The number of anilines is 1. The Morgan fingerprint density at radius 1 is 1.14 bits per heavy atom. The Morgan fingerprint density at radius 3 is 2.73 bits per heavy atom. The van der Waals surface area contributed by atoms with Crippen LogP contribution in [0, 0.1) is 6.92 Å². The Kier molecular flexibility index (Phi) is 4.39. The Hall–Kier alpha value is -1.94. The van der Waals surface area contributed by atoms with Crippen LogP contribution in [0.5, 0.6) is 0 Å². The van der Waals surface area contributed by atoms with E-state index < -0.39 is 0 Å². The average molecular weight is 313 g/mol. The summed E-state index contributed by atoms with van der Waals surface area (Å²) in [7, 11) is 0. The van der Waals surface area contributed by atoms with Gasteiger partial charge in [0.2, 0.25) is 5.91 Å². The second-order valence-corrected chi connectivity index (χ2v) is 6.90. The molecule has 3 rings (SSSR count). The number of nitrogens with zero attached hydrogens (tertiary/aromatic N) is 1. The van der Waals surface area contributed by atoms with Gasteiger partial charge in [-0.15, -0.1) is 11.3 Å². The van der Waals surface area contributed by atoms with Crippen molar-refractivity contribution in [2.75, 3.05) is 11.4 Å². The normalized spacial score (nSPS) is 13.8. The number of para-hydroxylation sites is 1. The predicted octanol–water partition coefficient (Wildman–Crippen LogP) is 4.00. The highest BCUT2D eigenvalue weighted by Gasteiger charge is 2.22. The molecule has 0 saturated carbocycles. The minimum absolute atomic E-state index is 0.0498. The van der Waals surface area contributed by atoms with Crippen molar-refractivity contribution in [3.63, 3.8) is 0 Å². The summed E-state index contributed by atoms with van der Waals surface area (Å²) in [6.07, 6.45) is 2.58. The molecule has 1 aliphatic heterocycles.